The van der Waals surface area contributed by atoms with Crippen molar-refractivity contribution in [3.8, 4) is 6.07 Å². The van der Waals surface area contributed by atoms with E-state index >= 15 is 0 Å². The number of nitrogens with zero attached hydrogens (tertiary/aromatic N) is 1. The van der Waals surface area contributed by atoms with E-state index < -0.39 is 0 Å². The maximum absolute atomic E-state index is 8.46. The van der Waals surface area contributed by atoms with Gasteiger partial charge in [-0.2, -0.15) is 5.26 Å². The summed E-state index contributed by atoms with van der Waals surface area (Å²) < 4.78 is 1.09. The largest absolute Gasteiger partial charge is 0.304 e. The van der Waals surface area contributed by atoms with Crippen molar-refractivity contribution in [2.24, 2.45) is 0 Å². The van der Waals surface area contributed by atoms with Crippen LogP contribution in [-0.4, -0.2) is 13.1 Å². The molecule has 15 heavy (non-hydrogen) atoms. The first-order valence-electron chi connectivity index (χ1n) is 4.90. The molecule has 0 amide bonds. The molecular weight excluding hydrogens is 252 g/mol. The van der Waals surface area contributed by atoms with Crippen LogP contribution in [0.25, 0.3) is 0 Å². The lowest BCUT2D eigenvalue weighted by Crippen LogP contribution is -2.33. The number of nitrogens with one attached hydrogen (secondary N) is 1. The molecule has 0 aromatic heterocycles. The van der Waals surface area contributed by atoms with Crippen molar-refractivity contribution in [3.63, 3.8) is 0 Å². The highest BCUT2D eigenvalue weighted by Gasteiger charge is 2.19. The monoisotopic (exact) mass is 266 g/mol. The van der Waals surface area contributed by atoms with E-state index in [0.717, 1.165) is 11.0 Å². The Bertz CT molecular complexity index is 366. The maximum atomic E-state index is 8.46. The van der Waals surface area contributed by atoms with Crippen molar-refractivity contribution in [1.82, 2.24) is 5.32 Å². The van der Waals surface area contributed by atoms with Crippen molar-refractivity contribution in [3.05, 3.63) is 34.3 Å². The van der Waals surface area contributed by atoms with E-state index in [2.05, 4.69) is 53.3 Å². The summed E-state index contributed by atoms with van der Waals surface area (Å²) in [4.78, 5) is 0. The average molecular weight is 267 g/mol. The highest BCUT2D eigenvalue weighted by molar-refractivity contribution is 9.10. The molecule has 0 atom stereocenters. The molecule has 0 bridgehead atoms. The van der Waals surface area contributed by atoms with Crippen molar-refractivity contribution in [2.75, 3.05) is 13.1 Å². The molecule has 80 valence electrons. The summed E-state index contributed by atoms with van der Waals surface area (Å²) in [6.45, 7) is 5.53. The van der Waals surface area contributed by atoms with Gasteiger partial charge < -0.3 is 5.32 Å². The van der Waals surface area contributed by atoms with Gasteiger partial charge in [0.1, 0.15) is 0 Å². The fraction of sp³-hybridized carbons (Fsp3) is 0.417. The molecule has 0 fully saturated rings. The summed E-state index contributed by atoms with van der Waals surface area (Å²) in [5.74, 6) is 0. The van der Waals surface area contributed by atoms with Crippen LogP contribution in [0.3, 0.4) is 0 Å². The van der Waals surface area contributed by atoms with Crippen LogP contribution < -0.4 is 5.32 Å². The van der Waals surface area contributed by atoms with Crippen molar-refractivity contribution >= 4 is 15.9 Å². The standard InChI is InChI=1S/C12H15BrN2/c1-12(2,9-15-7-6-14)10-4-3-5-11(13)8-10/h3-5,8,15H,7,9H2,1-2H3. The van der Waals surface area contributed by atoms with E-state index in [-0.39, 0.29) is 5.41 Å². The minimum atomic E-state index is 0.0423. The SMILES string of the molecule is CC(C)(CNCC#N)c1cccc(Br)c1. The van der Waals surface area contributed by atoms with Crippen LogP contribution in [0.4, 0.5) is 0 Å². The molecule has 0 aliphatic heterocycles. The summed E-state index contributed by atoms with van der Waals surface area (Å²) in [6, 6.07) is 10.4. The van der Waals surface area contributed by atoms with E-state index in [1.54, 1.807) is 0 Å². The molecule has 0 aliphatic rings. The number of hydrogen-bond acceptors (Lipinski definition) is 2. The molecule has 1 rings (SSSR count). The molecule has 0 radical (unpaired) electrons. The Kier molecular flexibility index (Phi) is 4.31. The summed E-state index contributed by atoms with van der Waals surface area (Å²) in [5.41, 5.74) is 1.31. The second-order valence-corrected chi connectivity index (χ2v) is 5.07. The van der Waals surface area contributed by atoms with Gasteiger partial charge >= 0.3 is 0 Å². The zero-order chi connectivity index (χ0) is 11.3. The third-order valence-corrected chi connectivity index (χ3v) is 2.87. The van der Waals surface area contributed by atoms with Gasteiger partial charge in [0.25, 0.3) is 0 Å². The first-order valence-corrected chi connectivity index (χ1v) is 5.69. The maximum Gasteiger partial charge on any atom is 0.0841 e. The first-order chi connectivity index (χ1) is 7.06. The van der Waals surface area contributed by atoms with E-state index in [9.17, 15) is 0 Å². The molecule has 0 saturated heterocycles. The molecule has 0 unspecified atom stereocenters. The van der Waals surface area contributed by atoms with Crippen molar-refractivity contribution in [2.45, 2.75) is 19.3 Å². The van der Waals surface area contributed by atoms with Crippen molar-refractivity contribution < 1.29 is 0 Å². The lowest BCUT2D eigenvalue weighted by Gasteiger charge is -2.25. The highest BCUT2D eigenvalue weighted by Crippen LogP contribution is 2.24. The Morgan fingerprint density at radius 2 is 2.20 bits per heavy atom. The topological polar surface area (TPSA) is 35.8 Å². The minimum absolute atomic E-state index is 0.0423. The van der Waals surface area contributed by atoms with E-state index in [4.69, 9.17) is 5.26 Å². The molecular formula is C12H15BrN2. The third kappa shape index (κ3) is 3.65. The molecule has 1 aromatic rings. The fourth-order valence-electron chi connectivity index (χ4n) is 1.44. The molecule has 0 heterocycles. The van der Waals surface area contributed by atoms with Crippen LogP contribution in [0.5, 0.6) is 0 Å². The zero-order valence-electron chi connectivity index (χ0n) is 9.05. The molecule has 3 heteroatoms. The predicted molar refractivity (Wildman–Crippen MR) is 65.7 cm³/mol. The van der Waals surface area contributed by atoms with Crippen LogP contribution in [-0.2, 0) is 5.41 Å². The van der Waals surface area contributed by atoms with E-state index in [0.29, 0.717) is 6.54 Å². The Balaban J connectivity index is 2.73. The summed E-state index contributed by atoms with van der Waals surface area (Å²) in [6.07, 6.45) is 0. The average Bonchev–Trinajstić information content (AvgIpc) is 2.18. The van der Waals surface area contributed by atoms with Gasteiger partial charge in [-0.05, 0) is 17.7 Å². The van der Waals surface area contributed by atoms with Gasteiger partial charge in [-0.3, -0.25) is 0 Å². The molecule has 1 N–H and O–H groups in total. The fourth-order valence-corrected chi connectivity index (χ4v) is 1.84. The van der Waals surface area contributed by atoms with E-state index in [1.807, 2.05) is 12.1 Å². The Hall–Kier alpha value is -0.850. The van der Waals surface area contributed by atoms with Gasteiger partial charge in [-0.1, -0.05) is 41.9 Å². The normalized spacial score (nSPS) is 11.1. The van der Waals surface area contributed by atoms with Gasteiger partial charge in [0.05, 0.1) is 12.6 Å². The van der Waals surface area contributed by atoms with Crippen LogP contribution in [0.1, 0.15) is 19.4 Å². The summed E-state index contributed by atoms with van der Waals surface area (Å²) >= 11 is 3.46. The second-order valence-electron chi connectivity index (χ2n) is 4.16. The summed E-state index contributed by atoms with van der Waals surface area (Å²) in [5, 5.41) is 11.6. The Morgan fingerprint density at radius 1 is 1.47 bits per heavy atom. The van der Waals surface area contributed by atoms with Crippen LogP contribution in [0, 0.1) is 11.3 Å². The van der Waals surface area contributed by atoms with Gasteiger partial charge in [0.15, 0.2) is 0 Å². The predicted octanol–water partition coefficient (Wildman–Crippen LogP) is 2.84. The lowest BCUT2D eigenvalue weighted by molar-refractivity contribution is 0.484. The minimum Gasteiger partial charge on any atom is -0.304 e. The number of rotatable bonds is 4. The summed E-state index contributed by atoms with van der Waals surface area (Å²) in [7, 11) is 0. The van der Waals surface area contributed by atoms with Gasteiger partial charge in [0, 0.05) is 16.4 Å². The van der Waals surface area contributed by atoms with Crippen LogP contribution >= 0.6 is 15.9 Å². The van der Waals surface area contributed by atoms with Crippen LogP contribution in [0.15, 0.2) is 28.7 Å². The Morgan fingerprint density at radius 3 is 2.80 bits per heavy atom. The zero-order valence-corrected chi connectivity index (χ0v) is 10.6. The second kappa shape index (κ2) is 5.29. The number of nitriles is 1. The molecule has 1 aromatic carbocycles. The van der Waals surface area contributed by atoms with Crippen molar-refractivity contribution in [1.29, 1.82) is 5.26 Å². The molecule has 2 nitrogen and oxygen atoms in total. The lowest BCUT2D eigenvalue weighted by atomic mass is 9.85. The number of halogens is 1. The number of hydrogen-bond donors (Lipinski definition) is 1. The van der Waals surface area contributed by atoms with Gasteiger partial charge in [-0.15, -0.1) is 0 Å². The quantitative estimate of drug-likeness (QED) is 0.672. The molecule has 0 aliphatic carbocycles. The third-order valence-electron chi connectivity index (χ3n) is 2.38. The Labute approximate surface area is 99.4 Å². The molecule has 0 saturated carbocycles. The van der Waals surface area contributed by atoms with E-state index in [1.165, 1.54) is 5.56 Å². The smallest absolute Gasteiger partial charge is 0.0841 e. The van der Waals surface area contributed by atoms with Gasteiger partial charge in [-0.25, -0.2) is 0 Å². The van der Waals surface area contributed by atoms with Gasteiger partial charge in [0.2, 0.25) is 0 Å². The first kappa shape index (κ1) is 12.2. The number of benzene rings is 1. The van der Waals surface area contributed by atoms with Crippen LogP contribution in [0.2, 0.25) is 0 Å². The molecule has 0 spiro atoms. The highest BCUT2D eigenvalue weighted by atomic mass is 79.9.